The molecule has 0 bridgehead atoms. The van der Waals surface area contributed by atoms with Crippen LogP contribution in [0, 0.1) is 0 Å². The molecule has 0 aliphatic rings. The van der Waals surface area contributed by atoms with E-state index in [0.29, 0.717) is 5.82 Å². The molecule has 0 aliphatic heterocycles. The molecule has 132 valence electrons. The summed E-state index contributed by atoms with van der Waals surface area (Å²) in [6, 6.07) is 12.6. The number of nitrogens with zero attached hydrogens (tertiary/aromatic N) is 3. The minimum absolute atomic E-state index is 0.0577. The molecule has 0 spiro atoms. The van der Waals surface area contributed by atoms with Gasteiger partial charge in [-0.1, -0.05) is 41.9 Å². The lowest BCUT2D eigenvalue weighted by molar-refractivity contribution is -0.147. The minimum Gasteiger partial charge on any atom is -0.454 e. The summed E-state index contributed by atoms with van der Waals surface area (Å²) in [4.78, 5) is 25.3. The van der Waals surface area contributed by atoms with Crippen molar-refractivity contribution in [1.29, 1.82) is 0 Å². The number of likely N-dealkylation sites (N-methyl/N-ethyl adjacent to an activating group) is 1. The molecule has 8 heteroatoms. The fourth-order valence-corrected chi connectivity index (χ4v) is 2.19. The molecule has 1 amide bonds. The van der Waals surface area contributed by atoms with Gasteiger partial charge in [-0.15, -0.1) is 10.2 Å². The summed E-state index contributed by atoms with van der Waals surface area (Å²) in [7, 11) is 1.66. The Labute approximate surface area is 151 Å². The first kappa shape index (κ1) is 18.7. The van der Waals surface area contributed by atoms with Gasteiger partial charge in [-0.25, -0.2) is 0 Å². The molecule has 1 aromatic heterocycles. The van der Waals surface area contributed by atoms with Crippen LogP contribution in [0.4, 0.5) is 5.82 Å². The molecule has 25 heavy (non-hydrogen) atoms. The van der Waals surface area contributed by atoms with Crippen LogP contribution in [0.2, 0.25) is 5.15 Å². The molecule has 0 aliphatic carbocycles. The van der Waals surface area contributed by atoms with Crippen molar-refractivity contribution in [3.8, 4) is 0 Å². The number of nitrogens with one attached hydrogen (secondary N) is 1. The van der Waals surface area contributed by atoms with Gasteiger partial charge in [-0.2, -0.15) is 0 Å². The van der Waals surface area contributed by atoms with Crippen molar-refractivity contribution in [3.05, 3.63) is 53.2 Å². The van der Waals surface area contributed by atoms with E-state index in [9.17, 15) is 9.59 Å². The highest BCUT2D eigenvalue weighted by Gasteiger charge is 2.14. The lowest BCUT2D eigenvalue weighted by atomic mass is 10.1. The summed E-state index contributed by atoms with van der Waals surface area (Å²) >= 11 is 5.66. The number of aromatic nitrogens is 2. The van der Waals surface area contributed by atoms with E-state index < -0.39 is 5.97 Å². The van der Waals surface area contributed by atoms with E-state index in [1.165, 1.54) is 0 Å². The van der Waals surface area contributed by atoms with Crippen LogP contribution in [0.1, 0.15) is 18.5 Å². The fraction of sp³-hybridized carbons (Fsp3) is 0.294. The zero-order chi connectivity index (χ0) is 18.2. The van der Waals surface area contributed by atoms with E-state index in [-0.39, 0.29) is 30.3 Å². The third-order valence-corrected chi connectivity index (χ3v) is 3.62. The van der Waals surface area contributed by atoms with E-state index in [1.54, 1.807) is 24.1 Å². The number of carbonyl (C=O) groups excluding carboxylic acids is 2. The lowest BCUT2D eigenvalue weighted by Crippen LogP contribution is -2.34. The Kier molecular flexibility index (Phi) is 6.71. The first-order chi connectivity index (χ1) is 12.0. The highest BCUT2D eigenvalue weighted by molar-refractivity contribution is 6.29. The Hall–Kier alpha value is -2.67. The van der Waals surface area contributed by atoms with Gasteiger partial charge in [0.25, 0.3) is 5.91 Å². The van der Waals surface area contributed by atoms with Gasteiger partial charge >= 0.3 is 5.97 Å². The maximum atomic E-state index is 11.9. The third kappa shape index (κ3) is 6.04. The van der Waals surface area contributed by atoms with Crippen LogP contribution < -0.4 is 10.2 Å². The Morgan fingerprint density at radius 1 is 1.20 bits per heavy atom. The molecule has 0 fully saturated rings. The molecule has 0 saturated heterocycles. The Morgan fingerprint density at radius 2 is 1.92 bits per heavy atom. The predicted molar refractivity (Wildman–Crippen MR) is 94.3 cm³/mol. The van der Waals surface area contributed by atoms with Crippen molar-refractivity contribution < 1.29 is 14.3 Å². The van der Waals surface area contributed by atoms with E-state index >= 15 is 0 Å². The van der Waals surface area contributed by atoms with Gasteiger partial charge in [-0.3, -0.25) is 9.59 Å². The van der Waals surface area contributed by atoms with E-state index in [2.05, 4.69) is 15.5 Å². The molecule has 0 saturated carbocycles. The van der Waals surface area contributed by atoms with Crippen molar-refractivity contribution >= 4 is 29.3 Å². The van der Waals surface area contributed by atoms with Crippen LogP contribution >= 0.6 is 11.6 Å². The molecule has 1 atom stereocenters. The van der Waals surface area contributed by atoms with Crippen molar-refractivity contribution in [2.75, 3.05) is 25.1 Å². The quantitative estimate of drug-likeness (QED) is 0.758. The zero-order valence-electron chi connectivity index (χ0n) is 14.0. The smallest absolute Gasteiger partial charge is 0.326 e. The molecular formula is C17H19ClN4O3. The standard InChI is InChI=1S/C17H19ClN4O3/c1-12(13-6-4-3-5-7-13)19-16(23)11-25-17(24)10-22(2)15-9-8-14(18)20-21-15/h3-9,12H,10-11H2,1-2H3,(H,19,23). The number of halogens is 1. The average molecular weight is 363 g/mol. The molecule has 1 aromatic carbocycles. The number of amides is 1. The monoisotopic (exact) mass is 362 g/mol. The van der Waals surface area contributed by atoms with E-state index in [0.717, 1.165) is 5.56 Å². The Bertz CT molecular complexity index is 710. The van der Waals surface area contributed by atoms with Gasteiger partial charge < -0.3 is 15.0 Å². The van der Waals surface area contributed by atoms with Crippen molar-refractivity contribution in [2.45, 2.75) is 13.0 Å². The Balaban J connectivity index is 1.75. The number of anilines is 1. The molecule has 1 unspecified atom stereocenters. The summed E-state index contributed by atoms with van der Waals surface area (Å²) in [5.41, 5.74) is 0.975. The van der Waals surface area contributed by atoms with Crippen molar-refractivity contribution in [3.63, 3.8) is 0 Å². The van der Waals surface area contributed by atoms with Crippen LogP contribution in [-0.4, -0.2) is 42.3 Å². The highest BCUT2D eigenvalue weighted by atomic mass is 35.5. The van der Waals surface area contributed by atoms with Gasteiger partial charge in [0.2, 0.25) is 0 Å². The number of hydrogen-bond donors (Lipinski definition) is 1. The lowest BCUT2D eigenvalue weighted by Gasteiger charge is -2.17. The summed E-state index contributed by atoms with van der Waals surface area (Å²) in [5.74, 6) is -0.427. The number of ether oxygens (including phenoxy) is 1. The molecule has 7 nitrogen and oxygen atoms in total. The molecule has 1 heterocycles. The maximum absolute atomic E-state index is 11.9. The highest BCUT2D eigenvalue weighted by Crippen LogP contribution is 2.11. The molecule has 2 rings (SSSR count). The predicted octanol–water partition coefficient (Wildman–Crippen LogP) is 1.99. The van der Waals surface area contributed by atoms with Crippen molar-refractivity contribution in [2.24, 2.45) is 0 Å². The molecule has 2 aromatic rings. The number of benzene rings is 1. The number of rotatable bonds is 7. The summed E-state index contributed by atoms with van der Waals surface area (Å²) < 4.78 is 4.99. The van der Waals surface area contributed by atoms with E-state index in [4.69, 9.17) is 16.3 Å². The summed E-state index contributed by atoms with van der Waals surface area (Å²) in [6.07, 6.45) is 0. The average Bonchev–Trinajstić information content (AvgIpc) is 2.61. The van der Waals surface area contributed by atoms with Gasteiger partial charge in [0.1, 0.15) is 6.54 Å². The fourth-order valence-electron chi connectivity index (χ4n) is 2.09. The summed E-state index contributed by atoms with van der Waals surface area (Å²) in [5, 5.41) is 10.6. The molecule has 1 N–H and O–H groups in total. The van der Waals surface area contributed by atoms with Gasteiger partial charge in [0.05, 0.1) is 6.04 Å². The first-order valence-corrected chi connectivity index (χ1v) is 8.04. The number of esters is 1. The number of hydrogen-bond acceptors (Lipinski definition) is 6. The van der Waals surface area contributed by atoms with E-state index in [1.807, 2.05) is 37.3 Å². The number of carbonyl (C=O) groups is 2. The van der Waals surface area contributed by atoms with Crippen LogP contribution in [0.25, 0.3) is 0 Å². The Morgan fingerprint density at radius 3 is 2.56 bits per heavy atom. The summed E-state index contributed by atoms with van der Waals surface area (Å²) in [6.45, 7) is 1.47. The van der Waals surface area contributed by atoms with Crippen LogP contribution in [-0.2, 0) is 14.3 Å². The second-order valence-corrected chi connectivity index (χ2v) is 5.82. The largest absolute Gasteiger partial charge is 0.454 e. The second-order valence-electron chi connectivity index (χ2n) is 5.43. The minimum atomic E-state index is -0.540. The SMILES string of the molecule is CC(NC(=O)COC(=O)CN(C)c1ccc(Cl)nn1)c1ccccc1. The van der Waals surface area contributed by atoms with Crippen LogP contribution in [0.3, 0.4) is 0 Å². The topological polar surface area (TPSA) is 84.4 Å². The molecule has 0 radical (unpaired) electrons. The third-order valence-electron chi connectivity index (χ3n) is 3.42. The molecular weight excluding hydrogens is 344 g/mol. The van der Waals surface area contributed by atoms with Crippen LogP contribution in [0.5, 0.6) is 0 Å². The maximum Gasteiger partial charge on any atom is 0.326 e. The van der Waals surface area contributed by atoms with Gasteiger partial charge in [0.15, 0.2) is 17.6 Å². The zero-order valence-corrected chi connectivity index (χ0v) is 14.7. The van der Waals surface area contributed by atoms with Gasteiger partial charge in [-0.05, 0) is 24.6 Å². The van der Waals surface area contributed by atoms with Gasteiger partial charge in [0, 0.05) is 7.05 Å². The normalized spacial score (nSPS) is 11.5. The second kappa shape index (κ2) is 8.98. The van der Waals surface area contributed by atoms with Crippen molar-refractivity contribution in [1.82, 2.24) is 15.5 Å². The van der Waals surface area contributed by atoms with Crippen LogP contribution in [0.15, 0.2) is 42.5 Å². The first-order valence-electron chi connectivity index (χ1n) is 7.66.